The molecule has 1 heterocycles. The zero-order valence-electron chi connectivity index (χ0n) is 14.9. The Morgan fingerprint density at radius 2 is 2.16 bits per heavy atom. The monoisotopic (exact) mass is 339 g/mol. The van der Waals surface area contributed by atoms with Crippen molar-refractivity contribution in [1.29, 1.82) is 0 Å². The van der Waals surface area contributed by atoms with Gasteiger partial charge < -0.3 is 10.4 Å². The van der Waals surface area contributed by atoms with E-state index < -0.39 is 0 Å². The second kappa shape index (κ2) is 6.84. The van der Waals surface area contributed by atoms with Crippen molar-refractivity contribution in [2.45, 2.75) is 38.6 Å². The van der Waals surface area contributed by atoms with Crippen molar-refractivity contribution >= 4 is 5.95 Å². The summed E-state index contributed by atoms with van der Waals surface area (Å²) >= 11 is 0. The number of nitrogens with zero attached hydrogens (tertiary/aromatic N) is 2. The molecule has 0 radical (unpaired) electrons. The Labute approximate surface area is 148 Å². The summed E-state index contributed by atoms with van der Waals surface area (Å²) in [5.74, 6) is 0.532. The van der Waals surface area contributed by atoms with Crippen LogP contribution in [-0.2, 0) is 18.4 Å². The first-order chi connectivity index (χ1) is 12.0. The van der Waals surface area contributed by atoms with Gasteiger partial charge in [-0.3, -0.25) is 9.36 Å². The van der Waals surface area contributed by atoms with Gasteiger partial charge in [-0.15, -0.1) is 6.58 Å². The number of fused-ring (bicyclic) bond motifs is 3. The van der Waals surface area contributed by atoms with E-state index in [-0.39, 0.29) is 17.6 Å². The van der Waals surface area contributed by atoms with Crippen LogP contribution in [0.2, 0.25) is 0 Å². The minimum absolute atomic E-state index is 0.0177. The number of hydrogen-bond donors (Lipinski definition) is 2. The van der Waals surface area contributed by atoms with Crippen LogP contribution in [-0.4, -0.2) is 27.8 Å². The van der Waals surface area contributed by atoms with Crippen LogP contribution in [0, 0.1) is 0 Å². The van der Waals surface area contributed by atoms with Gasteiger partial charge in [-0.25, -0.2) is 4.98 Å². The largest absolute Gasteiger partial charge is 0.396 e. The van der Waals surface area contributed by atoms with Crippen molar-refractivity contribution in [2.24, 2.45) is 0 Å². The first-order valence-corrected chi connectivity index (χ1v) is 8.69. The Morgan fingerprint density at radius 1 is 1.40 bits per heavy atom. The van der Waals surface area contributed by atoms with Crippen LogP contribution in [0.15, 0.2) is 41.7 Å². The highest BCUT2D eigenvalue weighted by molar-refractivity contribution is 5.72. The van der Waals surface area contributed by atoms with E-state index in [9.17, 15) is 4.79 Å². The zero-order chi connectivity index (χ0) is 18.0. The molecule has 1 aliphatic carbocycles. The highest BCUT2D eigenvalue weighted by atomic mass is 16.3. The van der Waals surface area contributed by atoms with Gasteiger partial charge >= 0.3 is 0 Å². The Bertz CT molecular complexity index is 853. The molecule has 0 atom stereocenters. The molecular formula is C20H25N3O2. The summed E-state index contributed by atoms with van der Waals surface area (Å²) < 4.78 is 1.64. The van der Waals surface area contributed by atoms with Crippen LogP contribution in [0.3, 0.4) is 0 Å². The number of rotatable bonds is 6. The van der Waals surface area contributed by atoms with E-state index in [0.29, 0.717) is 25.5 Å². The zero-order valence-corrected chi connectivity index (χ0v) is 14.9. The molecule has 2 aromatic rings. The van der Waals surface area contributed by atoms with Crippen molar-refractivity contribution in [3.8, 4) is 11.3 Å². The molecule has 0 saturated heterocycles. The first-order valence-electron chi connectivity index (χ1n) is 8.69. The van der Waals surface area contributed by atoms with E-state index in [1.54, 1.807) is 10.6 Å². The number of benzene rings is 1. The average molecular weight is 339 g/mol. The molecule has 1 aliphatic rings. The lowest BCUT2D eigenvalue weighted by Crippen LogP contribution is -2.38. The molecule has 1 aromatic carbocycles. The lowest BCUT2D eigenvalue weighted by molar-refractivity contribution is 0.292. The molecule has 2 N–H and O–H groups in total. The van der Waals surface area contributed by atoms with Gasteiger partial charge in [-0.2, -0.15) is 0 Å². The molecule has 0 saturated carbocycles. The summed E-state index contributed by atoms with van der Waals surface area (Å²) in [5.41, 5.74) is 3.49. The third-order valence-electron chi connectivity index (χ3n) is 4.68. The van der Waals surface area contributed by atoms with E-state index in [4.69, 9.17) is 10.1 Å². The molecule has 132 valence electrons. The van der Waals surface area contributed by atoms with Gasteiger partial charge in [0.25, 0.3) is 5.56 Å². The van der Waals surface area contributed by atoms with Gasteiger partial charge in [0.15, 0.2) is 0 Å². The number of nitrogens with one attached hydrogen (secondary N) is 1. The van der Waals surface area contributed by atoms with Gasteiger partial charge in [-0.1, -0.05) is 44.2 Å². The van der Waals surface area contributed by atoms with E-state index in [0.717, 1.165) is 23.2 Å². The van der Waals surface area contributed by atoms with Gasteiger partial charge in [0.2, 0.25) is 5.95 Å². The molecule has 0 fully saturated rings. The summed E-state index contributed by atoms with van der Waals surface area (Å²) in [4.78, 5) is 18.1. The maximum absolute atomic E-state index is 13.3. The molecule has 5 heteroatoms. The minimum atomic E-state index is -0.277. The predicted molar refractivity (Wildman–Crippen MR) is 101 cm³/mol. The molecule has 3 rings (SSSR count). The Hall–Kier alpha value is -2.40. The summed E-state index contributed by atoms with van der Waals surface area (Å²) in [5, 5.41) is 12.2. The maximum Gasteiger partial charge on any atom is 0.259 e. The van der Waals surface area contributed by atoms with Crippen LogP contribution >= 0.6 is 0 Å². The van der Waals surface area contributed by atoms with E-state index in [2.05, 4.69) is 31.8 Å². The molecule has 5 nitrogen and oxygen atoms in total. The van der Waals surface area contributed by atoms with Gasteiger partial charge in [0.1, 0.15) is 0 Å². The van der Waals surface area contributed by atoms with Crippen LogP contribution in [0.5, 0.6) is 0 Å². The normalized spacial score (nSPS) is 14.5. The maximum atomic E-state index is 13.3. The highest BCUT2D eigenvalue weighted by Crippen LogP contribution is 2.40. The highest BCUT2D eigenvalue weighted by Gasteiger charge is 2.35. The van der Waals surface area contributed by atoms with E-state index >= 15 is 0 Å². The van der Waals surface area contributed by atoms with Crippen molar-refractivity contribution in [2.75, 3.05) is 18.5 Å². The second-order valence-electron chi connectivity index (χ2n) is 7.09. The molecular weight excluding hydrogens is 314 g/mol. The second-order valence-corrected chi connectivity index (χ2v) is 7.09. The van der Waals surface area contributed by atoms with Crippen LogP contribution in [0.25, 0.3) is 11.3 Å². The number of allylic oxidation sites excluding steroid dienone is 1. The first kappa shape index (κ1) is 17.4. The average Bonchev–Trinajstić information content (AvgIpc) is 2.57. The topological polar surface area (TPSA) is 67.2 Å². The van der Waals surface area contributed by atoms with Crippen molar-refractivity contribution in [1.82, 2.24) is 9.55 Å². The summed E-state index contributed by atoms with van der Waals surface area (Å²) in [6.45, 7) is 9.02. The number of aliphatic hydroxyl groups excluding tert-OH is 1. The predicted octanol–water partition coefficient (Wildman–Crippen LogP) is 2.72. The Balaban J connectivity index is 2.23. The lowest BCUT2D eigenvalue weighted by Gasteiger charge is -2.33. The summed E-state index contributed by atoms with van der Waals surface area (Å²) in [7, 11) is 0. The number of anilines is 1. The fourth-order valence-electron chi connectivity index (χ4n) is 3.54. The smallest absolute Gasteiger partial charge is 0.259 e. The van der Waals surface area contributed by atoms with Crippen LogP contribution in [0.1, 0.15) is 31.4 Å². The van der Waals surface area contributed by atoms with Gasteiger partial charge in [0.05, 0.1) is 5.69 Å². The summed E-state index contributed by atoms with van der Waals surface area (Å²) in [6.07, 6.45) is 3.12. The van der Waals surface area contributed by atoms with Crippen molar-refractivity contribution in [3.63, 3.8) is 0 Å². The molecule has 0 aliphatic heterocycles. The number of aromatic nitrogens is 2. The van der Waals surface area contributed by atoms with Gasteiger partial charge in [0, 0.05) is 36.2 Å². The molecule has 0 unspecified atom stereocenters. The van der Waals surface area contributed by atoms with Crippen LogP contribution < -0.4 is 10.9 Å². The third-order valence-corrected chi connectivity index (χ3v) is 4.68. The lowest BCUT2D eigenvalue weighted by atomic mass is 9.72. The fourth-order valence-corrected chi connectivity index (χ4v) is 3.54. The Morgan fingerprint density at radius 3 is 2.88 bits per heavy atom. The minimum Gasteiger partial charge on any atom is -0.396 e. The molecule has 0 amide bonds. The molecule has 25 heavy (non-hydrogen) atoms. The molecule has 0 spiro atoms. The number of hydrogen-bond acceptors (Lipinski definition) is 4. The number of aliphatic hydroxyl groups is 1. The SMILES string of the molecule is C=CCn1c(NCCCO)nc2c(c1=O)C(C)(C)Cc1ccccc1-2. The van der Waals surface area contributed by atoms with E-state index in [1.807, 2.05) is 18.2 Å². The van der Waals surface area contributed by atoms with Crippen LogP contribution in [0.4, 0.5) is 5.95 Å². The fraction of sp³-hybridized carbons (Fsp3) is 0.400. The van der Waals surface area contributed by atoms with E-state index in [1.165, 1.54) is 5.56 Å². The molecule has 1 aromatic heterocycles. The van der Waals surface area contributed by atoms with Crippen molar-refractivity contribution in [3.05, 3.63) is 58.4 Å². The van der Waals surface area contributed by atoms with Gasteiger partial charge in [-0.05, 0) is 18.4 Å². The quantitative estimate of drug-likeness (QED) is 0.627. The molecule has 0 bridgehead atoms. The summed E-state index contributed by atoms with van der Waals surface area (Å²) in [6, 6.07) is 8.15. The third kappa shape index (κ3) is 3.12. The van der Waals surface area contributed by atoms with Crippen molar-refractivity contribution < 1.29 is 5.11 Å². The Kier molecular flexibility index (Phi) is 4.77. The standard InChI is InChI=1S/C20H25N3O2/c1-4-11-23-18(25)16-17(22-19(23)21-10-7-12-24)15-9-6-5-8-14(15)13-20(16,2)3/h4-6,8-9,24H,1,7,10-13H2,2-3H3,(H,21,22).